The zero-order valence-corrected chi connectivity index (χ0v) is 12.6. The van der Waals surface area contributed by atoms with Crippen LogP contribution in [0.5, 0.6) is 0 Å². The Kier molecular flexibility index (Phi) is 4.48. The fourth-order valence-corrected chi connectivity index (χ4v) is 3.12. The number of hydrogen-bond donors (Lipinski definition) is 0. The minimum absolute atomic E-state index is 0.301. The SMILES string of the molecule is Cc1ccccc1C(CCl)(CCl)Cc1cn(C)nn1. The van der Waals surface area contributed by atoms with Gasteiger partial charge in [-0.2, -0.15) is 0 Å². The van der Waals surface area contributed by atoms with E-state index in [9.17, 15) is 0 Å². The van der Waals surface area contributed by atoms with Gasteiger partial charge in [0.25, 0.3) is 0 Å². The van der Waals surface area contributed by atoms with Gasteiger partial charge in [-0.15, -0.1) is 28.3 Å². The molecule has 0 saturated carbocycles. The van der Waals surface area contributed by atoms with Crippen LogP contribution in [-0.4, -0.2) is 26.8 Å². The highest BCUT2D eigenvalue weighted by Crippen LogP contribution is 2.33. The van der Waals surface area contributed by atoms with Crippen LogP contribution < -0.4 is 0 Å². The third-order valence-electron chi connectivity index (χ3n) is 3.40. The van der Waals surface area contributed by atoms with Gasteiger partial charge in [0.15, 0.2) is 0 Å². The lowest BCUT2D eigenvalue weighted by Gasteiger charge is -2.31. The Balaban J connectivity index is 2.40. The first kappa shape index (κ1) is 14.4. The monoisotopic (exact) mass is 297 g/mol. The number of aryl methyl sites for hydroxylation is 2. The van der Waals surface area contributed by atoms with E-state index in [1.165, 1.54) is 11.1 Å². The molecule has 102 valence electrons. The quantitative estimate of drug-likeness (QED) is 0.794. The fourth-order valence-electron chi connectivity index (χ4n) is 2.36. The lowest BCUT2D eigenvalue weighted by molar-refractivity contribution is 0.525. The Morgan fingerprint density at radius 2 is 1.89 bits per heavy atom. The highest BCUT2D eigenvalue weighted by atomic mass is 35.5. The highest BCUT2D eigenvalue weighted by Gasteiger charge is 2.33. The highest BCUT2D eigenvalue weighted by molar-refractivity contribution is 6.22. The van der Waals surface area contributed by atoms with E-state index in [4.69, 9.17) is 23.2 Å². The first-order valence-electron chi connectivity index (χ1n) is 6.14. The van der Waals surface area contributed by atoms with Gasteiger partial charge in [-0.3, -0.25) is 4.68 Å². The minimum Gasteiger partial charge on any atom is -0.255 e. The van der Waals surface area contributed by atoms with Crippen molar-refractivity contribution in [1.82, 2.24) is 15.0 Å². The molecule has 0 aliphatic carbocycles. The summed E-state index contributed by atoms with van der Waals surface area (Å²) in [5.74, 6) is 0.913. The van der Waals surface area contributed by atoms with E-state index in [-0.39, 0.29) is 5.41 Å². The Hall–Kier alpha value is -1.06. The van der Waals surface area contributed by atoms with Gasteiger partial charge >= 0.3 is 0 Å². The maximum absolute atomic E-state index is 6.25. The van der Waals surface area contributed by atoms with Crippen molar-refractivity contribution in [2.45, 2.75) is 18.8 Å². The number of rotatable bonds is 5. The van der Waals surface area contributed by atoms with Crippen LogP contribution >= 0.6 is 23.2 Å². The average molecular weight is 298 g/mol. The molecule has 0 aliphatic rings. The lowest BCUT2D eigenvalue weighted by atomic mass is 9.78. The molecule has 0 spiro atoms. The summed E-state index contributed by atoms with van der Waals surface area (Å²) in [5.41, 5.74) is 3.00. The van der Waals surface area contributed by atoms with Crippen LogP contribution in [0.1, 0.15) is 16.8 Å². The number of benzene rings is 1. The lowest BCUT2D eigenvalue weighted by Crippen LogP contribution is -2.34. The van der Waals surface area contributed by atoms with Crippen molar-refractivity contribution in [2.24, 2.45) is 7.05 Å². The molecule has 0 bridgehead atoms. The molecule has 2 rings (SSSR count). The maximum Gasteiger partial charge on any atom is 0.0836 e. The Labute approximate surface area is 123 Å². The summed E-state index contributed by atoms with van der Waals surface area (Å²) in [6, 6.07) is 8.22. The second-order valence-corrected chi connectivity index (χ2v) is 5.46. The van der Waals surface area contributed by atoms with Crippen molar-refractivity contribution < 1.29 is 0 Å². The molecule has 1 aromatic carbocycles. The number of hydrogen-bond acceptors (Lipinski definition) is 2. The summed E-state index contributed by atoms with van der Waals surface area (Å²) in [6.07, 6.45) is 2.60. The van der Waals surface area contributed by atoms with E-state index >= 15 is 0 Å². The largest absolute Gasteiger partial charge is 0.255 e. The molecular weight excluding hydrogens is 281 g/mol. The predicted molar refractivity (Wildman–Crippen MR) is 79.0 cm³/mol. The zero-order chi connectivity index (χ0) is 13.9. The molecule has 2 aromatic rings. The molecule has 1 heterocycles. The maximum atomic E-state index is 6.25. The van der Waals surface area contributed by atoms with Crippen molar-refractivity contribution in [2.75, 3.05) is 11.8 Å². The molecule has 0 N–H and O–H groups in total. The van der Waals surface area contributed by atoms with Gasteiger partial charge in [0.1, 0.15) is 0 Å². The number of nitrogens with zero attached hydrogens (tertiary/aromatic N) is 3. The Morgan fingerprint density at radius 3 is 2.42 bits per heavy atom. The number of aromatic nitrogens is 3. The fraction of sp³-hybridized carbons (Fsp3) is 0.429. The summed E-state index contributed by atoms with van der Waals surface area (Å²) in [5, 5.41) is 8.11. The van der Waals surface area contributed by atoms with Crippen molar-refractivity contribution in [3.8, 4) is 0 Å². The molecule has 5 heteroatoms. The van der Waals surface area contributed by atoms with Crippen LogP contribution in [0.4, 0.5) is 0 Å². The van der Waals surface area contributed by atoms with Gasteiger partial charge in [-0.05, 0) is 18.1 Å². The van der Waals surface area contributed by atoms with Crippen LogP contribution in [0.25, 0.3) is 0 Å². The smallest absolute Gasteiger partial charge is 0.0836 e. The first-order valence-corrected chi connectivity index (χ1v) is 7.21. The Bertz CT molecular complexity index is 547. The molecule has 0 saturated heterocycles. The van der Waals surface area contributed by atoms with E-state index in [1.54, 1.807) is 4.68 Å². The summed E-state index contributed by atoms with van der Waals surface area (Å²) in [4.78, 5) is 0. The second-order valence-electron chi connectivity index (χ2n) is 4.92. The van der Waals surface area contributed by atoms with Crippen molar-refractivity contribution in [3.63, 3.8) is 0 Å². The van der Waals surface area contributed by atoms with Crippen LogP contribution in [0.3, 0.4) is 0 Å². The molecular formula is C14H17Cl2N3. The van der Waals surface area contributed by atoms with Crippen LogP contribution in [0.15, 0.2) is 30.5 Å². The van der Waals surface area contributed by atoms with Gasteiger partial charge in [0.05, 0.1) is 5.69 Å². The van der Waals surface area contributed by atoms with Gasteiger partial charge in [-0.1, -0.05) is 29.5 Å². The van der Waals surface area contributed by atoms with Gasteiger partial charge in [0, 0.05) is 36.8 Å². The first-order chi connectivity index (χ1) is 9.11. The molecule has 0 radical (unpaired) electrons. The summed E-state index contributed by atoms with van der Waals surface area (Å²) >= 11 is 12.5. The van der Waals surface area contributed by atoms with Crippen LogP contribution in [0, 0.1) is 6.92 Å². The van der Waals surface area contributed by atoms with E-state index in [1.807, 2.05) is 25.4 Å². The predicted octanol–water partition coefficient (Wildman–Crippen LogP) is 3.08. The molecule has 19 heavy (non-hydrogen) atoms. The molecule has 1 aromatic heterocycles. The third kappa shape index (κ3) is 2.93. The number of halogens is 2. The third-order valence-corrected chi connectivity index (χ3v) is 4.42. The van der Waals surface area contributed by atoms with Gasteiger partial charge in [0.2, 0.25) is 0 Å². The van der Waals surface area contributed by atoms with Gasteiger partial charge in [-0.25, -0.2) is 0 Å². The average Bonchev–Trinajstić information content (AvgIpc) is 2.82. The van der Waals surface area contributed by atoms with E-state index in [0.29, 0.717) is 18.2 Å². The minimum atomic E-state index is -0.301. The summed E-state index contributed by atoms with van der Waals surface area (Å²) < 4.78 is 1.69. The van der Waals surface area contributed by atoms with E-state index < -0.39 is 0 Å². The Morgan fingerprint density at radius 1 is 1.21 bits per heavy atom. The zero-order valence-electron chi connectivity index (χ0n) is 11.1. The van der Waals surface area contributed by atoms with Crippen LogP contribution in [-0.2, 0) is 18.9 Å². The van der Waals surface area contributed by atoms with Crippen molar-refractivity contribution in [1.29, 1.82) is 0 Å². The standard InChI is InChI=1S/C14H17Cl2N3/c1-11-5-3-4-6-13(11)14(9-15,10-16)7-12-8-19(2)18-17-12/h3-6,8H,7,9-10H2,1-2H3. The molecule has 0 atom stereocenters. The summed E-state index contributed by atoms with van der Waals surface area (Å²) in [6.45, 7) is 2.08. The number of alkyl halides is 2. The van der Waals surface area contributed by atoms with Gasteiger partial charge < -0.3 is 0 Å². The van der Waals surface area contributed by atoms with Crippen molar-refractivity contribution >= 4 is 23.2 Å². The molecule has 0 fully saturated rings. The summed E-state index contributed by atoms with van der Waals surface area (Å²) in [7, 11) is 1.85. The van der Waals surface area contributed by atoms with E-state index in [0.717, 1.165) is 5.69 Å². The normalized spacial score (nSPS) is 11.8. The van der Waals surface area contributed by atoms with Crippen LogP contribution in [0.2, 0.25) is 0 Å². The molecule has 0 aliphatic heterocycles. The molecule has 3 nitrogen and oxygen atoms in total. The van der Waals surface area contributed by atoms with E-state index in [2.05, 4.69) is 29.4 Å². The second kappa shape index (κ2) is 5.93. The van der Waals surface area contributed by atoms with Crippen molar-refractivity contribution in [3.05, 3.63) is 47.3 Å². The topological polar surface area (TPSA) is 30.7 Å². The molecule has 0 amide bonds. The molecule has 0 unspecified atom stereocenters.